The van der Waals surface area contributed by atoms with Gasteiger partial charge in [0.1, 0.15) is 0 Å². The van der Waals surface area contributed by atoms with Gasteiger partial charge in [-0.25, -0.2) is 0 Å². The molecule has 1 aromatic rings. The van der Waals surface area contributed by atoms with Crippen molar-refractivity contribution in [3.05, 3.63) is 33.2 Å². The van der Waals surface area contributed by atoms with Crippen LogP contribution in [0, 0.1) is 0 Å². The molecule has 0 radical (unpaired) electrons. The van der Waals surface area contributed by atoms with Gasteiger partial charge in [0.05, 0.1) is 6.61 Å². The van der Waals surface area contributed by atoms with E-state index >= 15 is 0 Å². The summed E-state index contributed by atoms with van der Waals surface area (Å²) in [6.45, 7) is 1.16. The van der Waals surface area contributed by atoms with Gasteiger partial charge in [-0.05, 0) is 6.07 Å². The number of halogens is 1. The van der Waals surface area contributed by atoms with Crippen LogP contribution in [0.1, 0.15) is 0 Å². The fourth-order valence-electron chi connectivity index (χ4n) is 0.858. The molecule has 0 amide bonds. The summed E-state index contributed by atoms with van der Waals surface area (Å²) >= 11 is 3.22. The van der Waals surface area contributed by atoms with E-state index in [0.29, 0.717) is 13.2 Å². The maximum absolute atomic E-state index is 11.2. The molecule has 4 heteroatoms. The summed E-state index contributed by atoms with van der Waals surface area (Å²) in [5, 5.41) is 0. The highest BCUT2D eigenvalue weighted by Crippen LogP contribution is 2.03. The Kier molecular flexibility index (Phi) is 3.49. The fourth-order valence-corrected chi connectivity index (χ4v) is 1.17. The first kappa shape index (κ1) is 9.48. The molecule has 0 atom stereocenters. The van der Waals surface area contributed by atoms with Crippen LogP contribution in [0.4, 0.5) is 0 Å². The molecular weight excluding hydrogens is 222 g/mol. The van der Waals surface area contributed by atoms with E-state index in [1.807, 2.05) is 6.07 Å². The van der Waals surface area contributed by atoms with Crippen molar-refractivity contribution in [2.75, 3.05) is 13.7 Å². The second kappa shape index (κ2) is 4.42. The van der Waals surface area contributed by atoms with Crippen LogP contribution in [0.5, 0.6) is 0 Å². The van der Waals surface area contributed by atoms with Crippen molar-refractivity contribution in [1.82, 2.24) is 4.57 Å². The van der Waals surface area contributed by atoms with Crippen molar-refractivity contribution >= 4 is 15.9 Å². The molecule has 66 valence electrons. The Hall–Kier alpha value is -0.610. The molecule has 1 heterocycles. The number of methoxy groups -OCH3 is 1. The van der Waals surface area contributed by atoms with Gasteiger partial charge in [0, 0.05) is 30.4 Å². The van der Waals surface area contributed by atoms with Crippen molar-refractivity contribution < 1.29 is 4.74 Å². The molecule has 12 heavy (non-hydrogen) atoms. The Bertz CT molecular complexity index is 308. The summed E-state index contributed by atoms with van der Waals surface area (Å²) in [5.74, 6) is 0. The Balaban J connectivity index is 2.80. The van der Waals surface area contributed by atoms with Crippen LogP contribution in [0.2, 0.25) is 0 Å². The van der Waals surface area contributed by atoms with E-state index < -0.39 is 0 Å². The first-order chi connectivity index (χ1) is 5.74. The average molecular weight is 232 g/mol. The van der Waals surface area contributed by atoms with Crippen LogP contribution < -0.4 is 5.56 Å². The lowest BCUT2D eigenvalue weighted by Gasteiger charge is -2.03. The van der Waals surface area contributed by atoms with Gasteiger partial charge in [-0.3, -0.25) is 4.79 Å². The van der Waals surface area contributed by atoms with E-state index in [1.165, 1.54) is 6.07 Å². The van der Waals surface area contributed by atoms with E-state index in [1.54, 1.807) is 17.9 Å². The third-order valence-corrected chi connectivity index (χ3v) is 1.99. The van der Waals surface area contributed by atoms with E-state index in [2.05, 4.69) is 15.9 Å². The quantitative estimate of drug-likeness (QED) is 0.785. The van der Waals surface area contributed by atoms with Crippen LogP contribution in [0.15, 0.2) is 27.6 Å². The van der Waals surface area contributed by atoms with Gasteiger partial charge in [-0.15, -0.1) is 0 Å². The van der Waals surface area contributed by atoms with Crippen LogP contribution in [-0.4, -0.2) is 18.3 Å². The second-order valence-electron chi connectivity index (χ2n) is 2.37. The molecule has 3 nitrogen and oxygen atoms in total. The maximum atomic E-state index is 11.2. The third kappa shape index (κ3) is 2.46. The van der Waals surface area contributed by atoms with Gasteiger partial charge < -0.3 is 9.30 Å². The monoisotopic (exact) mass is 231 g/mol. The molecule has 0 unspecified atom stereocenters. The Morgan fingerprint density at radius 1 is 1.67 bits per heavy atom. The van der Waals surface area contributed by atoms with E-state index in [-0.39, 0.29) is 5.56 Å². The maximum Gasteiger partial charge on any atom is 0.251 e. The molecule has 1 rings (SSSR count). The Labute approximate surface area is 79.1 Å². The predicted octanol–water partition coefficient (Wildman–Crippen LogP) is 1.26. The smallest absolute Gasteiger partial charge is 0.251 e. The highest BCUT2D eigenvalue weighted by Gasteiger charge is 1.94. The highest BCUT2D eigenvalue weighted by molar-refractivity contribution is 9.10. The van der Waals surface area contributed by atoms with Crippen LogP contribution in [-0.2, 0) is 11.3 Å². The normalized spacial score (nSPS) is 10.2. The summed E-state index contributed by atoms with van der Waals surface area (Å²) in [4.78, 5) is 11.2. The van der Waals surface area contributed by atoms with Crippen molar-refractivity contribution in [1.29, 1.82) is 0 Å². The standard InChI is InChI=1S/C8H10BrNO2/c1-12-5-4-10-3-2-7(9)6-8(10)11/h2-3,6H,4-5H2,1H3. The predicted molar refractivity (Wildman–Crippen MR) is 50.3 cm³/mol. The van der Waals surface area contributed by atoms with Crippen LogP contribution in [0.25, 0.3) is 0 Å². The minimum absolute atomic E-state index is 0.0126. The minimum atomic E-state index is -0.0126. The second-order valence-corrected chi connectivity index (χ2v) is 3.29. The summed E-state index contributed by atoms with van der Waals surface area (Å²) < 4.78 is 7.27. The molecule has 0 aliphatic carbocycles. The van der Waals surface area contributed by atoms with Crippen LogP contribution in [0.3, 0.4) is 0 Å². The number of rotatable bonds is 3. The fraction of sp³-hybridized carbons (Fsp3) is 0.375. The summed E-state index contributed by atoms with van der Waals surface area (Å²) in [5.41, 5.74) is -0.0126. The first-order valence-corrected chi connectivity index (χ1v) is 4.38. The highest BCUT2D eigenvalue weighted by atomic mass is 79.9. The minimum Gasteiger partial charge on any atom is -0.383 e. The molecule has 0 spiro atoms. The molecule has 1 aromatic heterocycles. The number of hydrogen-bond acceptors (Lipinski definition) is 2. The molecule has 0 bridgehead atoms. The van der Waals surface area contributed by atoms with Crippen molar-refractivity contribution in [3.8, 4) is 0 Å². The zero-order valence-electron chi connectivity index (χ0n) is 6.79. The topological polar surface area (TPSA) is 31.2 Å². The van der Waals surface area contributed by atoms with Gasteiger partial charge in [0.2, 0.25) is 0 Å². The summed E-state index contributed by atoms with van der Waals surface area (Å²) in [6.07, 6.45) is 1.74. The average Bonchev–Trinajstić information content (AvgIpc) is 2.03. The summed E-state index contributed by atoms with van der Waals surface area (Å²) in [6, 6.07) is 3.37. The molecule has 0 aliphatic rings. The molecule has 0 fully saturated rings. The van der Waals surface area contributed by atoms with E-state index in [0.717, 1.165) is 4.47 Å². The lowest BCUT2D eigenvalue weighted by Crippen LogP contribution is -2.20. The number of pyridine rings is 1. The van der Waals surface area contributed by atoms with Gasteiger partial charge >= 0.3 is 0 Å². The summed E-state index contributed by atoms with van der Waals surface area (Å²) in [7, 11) is 1.61. The molecule has 0 saturated heterocycles. The number of nitrogens with zero attached hydrogens (tertiary/aromatic N) is 1. The molecule has 0 aliphatic heterocycles. The van der Waals surface area contributed by atoms with Crippen molar-refractivity contribution in [2.24, 2.45) is 0 Å². The molecule has 0 saturated carbocycles. The number of hydrogen-bond donors (Lipinski definition) is 0. The molecule has 0 aromatic carbocycles. The first-order valence-electron chi connectivity index (χ1n) is 3.59. The van der Waals surface area contributed by atoms with Crippen molar-refractivity contribution in [2.45, 2.75) is 6.54 Å². The van der Waals surface area contributed by atoms with E-state index in [4.69, 9.17) is 4.74 Å². The zero-order chi connectivity index (χ0) is 8.97. The third-order valence-electron chi connectivity index (χ3n) is 1.49. The van der Waals surface area contributed by atoms with E-state index in [9.17, 15) is 4.79 Å². The largest absolute Gasteiger partial charge is 0.383 e. The SMILES string of the molecule is COCCn1ccc(Br)cc1=O. The Morgan fingerprint density at radius 2 is 2.42 bits per heavy atom. The van der Waals surface area contributed by atoms with Gasteiger partial charge in [0.15, 0.2) is 0 Å². The van der Waals surface area contributed by atoms with Gasteiger partial charge in [-0.1, -0.05) is 15.9 Å². The van der Waals surface area contributed by atoms with Gasteiger partial charge in [-0.2, -0.15) is 0 Å². The molecule has 0 N–H and O–H groups in total. The van der Waals surface area contributed by atoms with Gasteiger partial charge in [0.25, 0.3) is 5.56 Å². The lowest BCUT2D eigenvalue weighted by atomic mass is 10.4. The Morgan fingerprint density at radius 3 is 3.00 bits per heavy atom. The number of aromatic nitrogens is 1. The van der Waals surface area contributed by atoms with Crippen molar-refractivity contribution in [3.63, 3.8) is 0 Å². The lowest BCUT2D eigenvalue weighted by molar-refractivity contribution is 0.186. The molecular formula is C8H10BrNO2. The van der Waals surface area contributed by atoms with Crippen LogP contribution >= 0.6 is 15.9 Å². The number of ether oxygens (including phenoxy) is 1. The zero-order valence-corrected chi connectivity index (χ0v) is 8.37.